The van der Waals surface area contributed by atoms with Gasteiger partial charge >= 0.3 is 0 Å². The van der Waals surface area contributed by atoms with Crippen molar-refractivity contribution in [3.8, 4) is 0 Å². The Kier molecular flexibility index (Phi) is 6.23. The van der Waals surface area contributed by atoms with Crippen LogP contribution in [0.3, 0.4) is 0 Å². The van der Waals surface area contributed by atoms with Crippen molar-refractivity contribution in [2.24, 2.45) is 0 Å². The summed E-state index contributed by atoms with van der Waals surface area (Å²) >= 11 is 7.89. The number of amides is 1. The molecule has 1 amide bonds. The van der Waals surface area contributed by atoms with E-state index in [2.05, 4.69) is 4.90 Å². The number of sulfone groups is 1. The minimum absolute atomic E-state index is 0.00779. The SMILES string of the molecule is Cc1ccc(S(=O)(=O)CCC(=O)N2CCN(c3nc4c(C)ccc(Cl)c4s3)CC2)cc1. The second-order valence-corrected chi connectivity index (χ2v) is 11.3. The van der Waals surface area contributed by atoms with Crippen LogP contribution in [-0.2, 0) is 14.6 Å². The fourth-order valence-electron chi connectivity index (χ4n) is 3.62. The molecule has 31 heavy (non-hydrogen) atoms. The Hall–Kier alpha value is -2.16. The average Bonchev–Trinajstić information content (AvgIpc) is 3.22. The first kappa shape index (κ1) is 22.0. The van der Waals surface area contributed by atoms with E-state index in [0.29, 0.717) is 31.2 Å². The predicted molar refractivity (Wildman–Crippen MR) is 126 cm³/mol. The van der Waals surface area contributed by atoms with Crippen molar-refractivity contribution >= 4 is 54.0 Å². The fourth-order valence-corrected chi connectivity index (χ4v) is 6.21. The van der Waals surface area contributed by atoms with E-state index in [4.69, 9.17) is 16.6 Å². The quantitative estimate of drug-likeness (QED) is 0.553. The number of aryl methyl sites for hydroxylation is 2. The number of carbonyl (C=O) groups excluding carboxylic acids is 1. The van der Waals surface area contributed by atoms with Crippen LogP contribution < -0.4 is 4.90 Å². The number of hydrogen-bond donors (Lipinski definition) is 0. The smallest absolute Gasteiger partial charge is 0.223 e. The van der Waals surface area contributed by atoms with E-state index < -0.39 is 9.84 Å². The predicted octanol–water partition coefficient (Wildman–Crippen LogP) is 4.08. The maximum atomic E-state index is 12.6. The highest BCUT2D eigenvalue weighted by molar-refractivity contribution is 7.91. The molecule has 9 heteroatoms. The molecule has 1 aliphatic rings. The molecule has 0 N–H and O–H groups in total. The zero-order valence-electron chi connectivity index (χ0n) is 17.5. The summed E-state index contributed by atoms with van der Waals surface area (Å²) < 4.78 is 26.0. The van der Waals surface area contributed by atoms with Crippen LogP contribution in [0, 0.1) is 13.8 Å². The summed E-state index contributed by atoms with van der Waals surface area (Å²) in [6, 6.07) is 10.6. The van der Waals surface area contributed by atoms with Crippen LogP contribution in [-0.4, -0.2) is 56.1 Å². The number of piperazine rings is 1. The largest absolute Gasteiger partial charge is 0.345 e. The molecule has 6 nitrogen and oxygen atoms in total. The maximum Gasteiger partial charge on any atom is 0.223 e. The van der Waals surface area contributed by atoms with Crippen LogP contribution in [0.5, 0.6) is 0 Å². The molecule has 0 spiro atoms. The molecule has 1 saturated heterocycles. The van der Waals surface area contributed by atoms with E-state index in [1.54, 1.807) is 40.5 Å². The lowest BCUT2D eigenvalue weighted by Gasteiger charge is -2.34. The highest BCUT2D eigenvalue weighted by Gasteiger charge is 2.25. The number of benzene rings is 2. The number of rotatable bonds is 5. The van der Waals surface area contributed by atoms with Crippen molar-refractivity contribution < 1.29 is 13.2 Å². The molecule has 1 aliphatic heterocycles. The lowest BCUT2D eigenvalue weighted by Crippen LogP contribution is -2.49. The zero-order valence-corrected chi connectivity index (χ0v) is 19.9. The van der Waals surface area contributed by atoms with Crippen LogP contribution in [0.4, 0.5) is 5.13 Å². The second-order valence-electron chi connectivity index (χ2n) is 7.79. The van der Waals surface area contributed by atoms with Crippen molar-refractivity contribution in [1.82, 2.24) is 9.88 Å². The normalized spacial score (nSPS) is 14.9. The van der Waals surface area contributed by atoms with Crippen LogP contribution in [0.15, 0.2) is 41.3 Å². The molecule has 4 rings (SSSR count). The molecule has 0 radical (unpaired) electrons. The van der Waals surface area contributed by atoms with Crippen LogP contribution in [0.1, 0.15) is 17.5 Å². The Bertz CT molecular complexity index is 1180. The molecule has 1 fully saturated rings. The summed E-state index contributed by atoms with van der Waals surface area (Å²) in [5, 5.41) is 1.60. The summed E-state index contributed by atoms with van der Waals surface area (Å²) in [6.45, 7) is 6.34. The third kappa shape index (κ3) is 4.71. The molecule has 0 atom stereocenters. The van der Waals surface area contributed by atoms with Crippen molar-refractivity contribution in [3.63, 3.8) is 0 Å². The van der Waals surface area contributed by atoms with Gasteiger partial charge in [0, 0.05) is 32.6 Å². The van der Waals surface area contributed by atoms with Gasteiger partial charge in [0.25, 0.3) is 0 Å². The van der Waals surface area contributed by atoms with Crippen molar-refractivity contribution in [1.29, 1.82) is 0 Å². The molecule has 164 valence electrons. The van der Waals surface area contributed by atoms with Gasteiger partial charge in [-0.25, -0.2) is 13.4 Å². The van der Waals surface area contributed by atoms with Gasteiger partial charge < -0.3 is 9.80 Å². The Morgan fingerprint density at radius 3 is 2.39 bits per heavy atom. The Morgan fingerprint density at radius 1 is 1.06 bits per heavy atom. The Balaban J connectivity index is 1.35. The molecule has 2 aromatic carbocycles. The van der Waals surface area contributed by atoms with Crippen molar-refractivity contribution in [3.05, 3.63) is 52.5 Å². The summed E-state index contributed by atoms with van der Waals surface area (Å²) in [5.74, 6) is -0.302. The number of hydrogen-bond acceptors (Lipinski definition) is 6. The van der Waals surface area contributed by atoms with Crippen LogP contribution in [0.25, 0.3) is 10.2 Å². The Labute approximate surface area is 191 Å². The molecule has 2 heterocycles. The van der Waals surface area contributed by atoms with Gasteiger partial charge in [-0.3, -0.25) is 4.79 Å². The first-order valence-electron chi connectivity index (χ1n) is 10.1. The van der Waals surface area contributed by atoms with Gasteiger partial charge in [0.1, 0.15) is 0 Å². The van der Waals surface area contributed by atoms with Crippen LogP contribution >= 0.6 is 22.9 Å². The first-order chi connectivity index (χ1) is 14.7. The number of fused-ring (bicyclic) bond motifs is 1. The van der Waals surface area contributed by atoms with E-state index in [1.807, 2.05) is 26.0 Å². The number of carbonyl (C=O) groups is 1. The van der Waals surface area contributed by atoms with Gasteiger partial charge in [-0.05, 0) is 37.6 Å². The average molecular weight is 478 g/mol. The van der Waals surface area contributed by atoms with Gasteiger partial charge in [-0.2, -0.15) is 0 Å². The highest BCUT2D eigenvalue weighted by Crippen LogP contribution is 2.35. The van der Waals surface area contributed by atoms with E-state index in [-0.39, 0.29) is 23.0 Å². The highest BCUT2D eigenvalue weighted by atomic mass is 35.5. The van der Waals surface area contributed by atoms with Gasteiger partial charge in [-0.15, -0.1) is 0 Å². The van der Waals surface area contributed by atoms with Gasteiger partial charge in [0.2, 0.25) is 5.91 Å². The van der Waals surface area contributed by atoms with Crippen molar-refractivity contribution in [2.45, 2.75) is 25.2 Å². The third-order valence-electron chi connectivity index (χ3n) is 5.55. The molecular formula is C22H24ClN3O3S2. The molecular weight excluding hydrogens is 454 g/mol. The summed E-state index contributed by atoms with van der Waals surface area (Å²) in [5.41, 5.74) is 3.01. The molecule has 0 bridgehead atoms. The molecule has 1 aromatic heterocycles. The zero-order chi connectivity index (χ0) is 22.2. The minimum atomic E-state index is -3.47. The third-order valence-corrected chi connectivity index (χ3v) is 8.86. The number of anilines is 1. The number of halogens is 1. The maximum absolute atomic E-state index is 12.6. The van der Waals surface area contributed by atoms with Gasteiger partial charge in [0.15, 0.2) is 15.0 Å². The minimum Gasteiger partial charge on any atom is -0.345 e. The second kappa shape index (κ2) is 8.76. The van der Waals surface area contributed by atoms with E-state index in [1.165, 1.54) is 0 Å². The Morgan fingerprint density at radius 2 is 1.74 bits per heavy atom. The fraction of sp³-hybridized carbons (Fsp3) is 0.364. The van der Waals surface area contributed by atoms with E-state index in [0.717, 1.165) is 26.5 Å². The molecule has 0 saturated carbocycles. The van der Waals surface area contributed by atoms with Gasteiger partial charge in [-0.1, -0.05) is 46.7 Å². The van der Waals surface area contributed by atoms with Crippen molar-refractivity contribution in [2.75, 3.05) is 36.8 Å². The van der Waals surface area contributed by atoms with E-state index in [9.17, 15) is 13.2 Å². The van der Waals surface area contributed by atoms with Gasteiger partial charge in [0.05, 0.1) is 25.9 Å². The lowest BCUT2D eigenvalue weighted by atomic mass is 10.2. The summed E-state index contributed by atoms with van der Waals surface area (Å²) in [6.07, 6.45) is -0.00779. The molecule has 0 unspecified atom stereocenters. The number of nitrogens with zero attached hydrogens (tertiary/aromatic N) is 3. The standard InChI is InChI=1S/C22H24ClN3O3S2/c1-15-3-6-17(7-4-15)31(28,29)14-9-19(27)25-10-12-26(13-11-25)22-24-20-16(2)5-8-18(23)21(20)30-22/h3-8H,9-14H2,1-2H3. The van der Waals surface area contributed by atoms with Crippen LogP contribution in [0.2, 0.25) is 5.02 Å². The monoisotopic (exact) mass is 477 g/mol. The lowest BCUT2D eigenvalue weighted by molar-refractivity contribution is -0.131. The number of thiazole rings is 1. The molecule has 0 aliphatic carbocycles. The molecule has 3 aromatic rings. The summed E-state index contributed by atoms with van der Waals surface area (Å²) in [7, 11) is -3.47. The number of aromatic nitrogens is 1. The summed E-state index contributed by atoms with van der Waals surface area (Å²) in [4.78, 5) is 21.5. The first-order valence-corrected chi connectivity index (χ1v) is 13.0. The van der Waals surface area contributed by atoms with E-state index >= 15 is 0 Å². The topological polar surface area (TPSA) is 70.6 Å².